The summed E-state index contributed by atoms with van der Waals surface area (Å²) in [5.74, 6) is 0.435. The Kier molecular flexibility index (Phi) is 6.00. The molecule has 6 heteroatoms. The van der Waals surface area contributed by atoms with E-state index in [1.54, 1.807) is 12.1 Å². The third-order valence-corrected chi connectivity index (χ3v) is 5.01. The number of fused-ring (bicyclic) bond motifs is 1. The Balaban J connectivity index is 1.68. The van der Waals surface area contributed by atoms with Crippen molar-refractivity contribution < 1.29 is 4.74 Å². The normalized spacial score (nSPS) is 11.3. The molecule has 1 heterocycles. The highest BCUT2D eigenvalue weighted by Crippen LogP contribution is 2.26. The van der Waals surface area contributed by atoms with E-state index in [4.69, 9.17) is 44.5 Å². The summed E-state index contributed by atoms with van der Waals surface area (Å²) in [6, 6.07) is 20.5. The maximum absolute atomic E-state index is 6.27. The fourth-order valence-corrected chi connectivity index (χ4v) is 3.48. The lowest BCUT2D eigenvalue weighted by Gasteiger charge is -2.10. The fourth-order valence-electron chi connectivity index (χ4n) is 2.80. The van der Waals surface area contributed by atoms with Crippen LogP contribution in [0.4, 0.5) is 0 Å². The van der Waals surface area contributed by atoms with Crippen LogP contribution in [-0.4, -0.2) is 9.97 Å². The van der Waals surface area contributed by atoms with Crippen LogP contribution in [0.25, 0.3) is 23.2 Å². The summed E-state index contributed by atoms with van der Waals surface area (Å²) in [7, 11) is 0. The topological polar surface area (TPSA) is 35.0 Å². The molecule has 0 atom stereocenters. The van der Waals surface area contributed by atoms with Crippen LogP contribution in [0.3, 0.4) is 0 Å². The largest absolute Gasteiger partial charge is 0.471 e. The Morgan fingerprint density at radius 3 is 2.28 bits per heavy atom. The summed E-state index contributed by atoms with van der Waals surface area (Å²) >= 11 is 18.3. The Morgan fingerprint density at radius 1 is 0.759 bits per heavy atom. The number of benzene rings is 3. The third-order valence-electron chi connectivity index (χ3n) is 4.21. The number of ether oxygens (including phenoxy) is 1. The van der Waals surface area contributed by atoms with Gasteiger partial charge in [-0.25, -0.2) is 9.97 Å². The third kappa shape index (κ3) is 4.88. The first-order valence-corrected chi connectivity index (χ1v) is 9.99. The molecule has 3 aromatic carbocycles. The molecule has 3 nitrogen and oxygen atoms in total. The number of para-hydroxylation sites is 2. The van der Waals surface area contributed by atoms with Gasteiger partial charge in [-0.3, -0.25) is 0 Å². The molecule has 1 aromatic heterocycles. The van der Waals surface area contributed by atoms with E-state index in [1.807, 2.05) is 66.7 Å². The standard InChI is InChI=1S/C23H15Cl3N2O/c24-17-5-3-4-15(12-17)14-29-23-22(27-20-6-1-2-7-21(20)28-23)11-9-16-8-10-18(25)13-19(16)26/h1-13H,14H2/b11-9-. The van der Waals surface area contributed by atoms with Crippen molar-refractivity contribution in [1.29, 1.82) is 0 Å². The second-order valence-corrected chi connectivity index (χ2v) is 7.60. The van der Waals surface area contributed by atoms with E-state index < -0.39 is 0 Å². The van der Waals surface area contributed by atoms with Crippen LogP contribution >= 0.6 is 34.8 Å². The van der Waals surface area contributed by atoms with E-state index in [0.717, 1.165) is 22.2 Å². The molecule has 144 valence electrons. The van der Waals surface area contributed by atoms with Crippen LogP contribution in [0.1, 0.15) is 16.8 Å². The van der Waals surface area contributed by atoms with E-state index in [2.05, 4.69) is 4.98 Å². The van der Waals surface area contributed by atoms with Crippen molar-refractivity contribution >= 4 is 58.0 Å². The van der Waals surface area contributed by atoms with Gasteiger partial charge in [0.2, 0.25) is 5.88 Å². The lowest BCUT2D eigenvalue weighted by Crippen LogP contribution is -2.01. The van der Waals surface area contributed by atoms with Crippen molar-refractivity contribution in [2.24, 2.45) is 0 Å². The quantitative estimate of drug-likeness (QED) is 0.325. The van der Waals surface area contributed by atoms with Crippen molar-refractivity contribution in [3.05, 3.63) is 98.6 Å². The Labute approximate surface area is 183 Å². The number of aromatic nitrogens is 2. The molecule has 0 unspecified atom stereocenters. The molecule has 0 bridgehead atoms. The molecule has 0 spiro atoms. The number of hydrogen-bond acceptors (Lipinski definition) is 3. The van der Waals surface area contributed by atoms with Gasteiger partial charge in [-0.1, -0.05) is 71.2 Å². The summed E-state index contributed by atoms with van der Waals surface area (Å²) in [6.45, 7) is 0.329. The summed E-state index contributed by atoms with van der Waals surface area (Å²) in [6.07, 6.45) is 3.70. The van der Waals surface area contributed by atoms with Crippen molar-refractivity contribution in [3.8, 4) is 5.88 Å². The zero-order valence-electron chi connectivity index (χ0n) is 15.1. The maximum Gasteiger partial charge on any atom is 0.240 e. The highest BCUT2D eigenvalue weighted by molar-refractivity contribution is 6.35. The van der Waals surface area contributed by atoms with E-state index in [-0.39, 0.29) is 0 Å². The van der Waals surface area contributed by atoms with Gasteiger partial charge in [-0.15, -0.1) is 0 Å². The van der Waals surface area contributed by atoms with Crippen molar-refractivity contribution in [2.45, 2.75) is 6.61 Å². The van der Waals surface area contributed by atoms with Crippen LogP contribution in [0.2, 0.25) is 15.1 Å². The van der Waals surface area contributed by atoms with Crippen molar-refractivity contribution in [3.63, 3.8) is 0 Å². The van der Waals surface area contributed by atoms with Gasteiger partial charge in [0.15, 0.2) is 0 Å². The minimum atomic E-state index is 0.329. The predicted molar refractivity (Wildman–Crippen MR) is 121 cm³/mol. The average molecular weight is 442 g/mol. The second kappa shape index (κ2) is 8.83. The molecule has 0 saturated carbocycles. The van der Waals surface area contributed by atoms with Gasteiger partial charge in [0, 0.05) is 15.1 Å². The van der Waals surface area contributed by atoms with Crippen molar-refractivity contribution in [2.75, 3.05) is 0 Å². The predicted octanol–water partition coefficient (Wildman–Crippen LogP) is 7.34. The fraction of sp³-hybridized carbons (Fsp3) is 0.0435. The Hall–Kier alpha value is -2.59. The molecule has 0 radical (unpaired) electrons. The SMILES string of the molecule is Clc1cccc(COc2nc3ccccc3nc2/C=C\c2ccc(Cl)cc2Cl)c1. The first-order valence-electron chi connectivity index (χ1n) is 8.86. The van der Waals surface area contributed by atoms with E-state index in [1.165, 1.54) is 0 Å². The van der Waals surface area contributed by atoms with Crippen LogP contribution in [-0.2, 0) is 6.61 Å². The highest BCUT2D eigenvalue weighted by Gasteiger charge is 2.09. The molecule has 4 aromatic rings. The van der Waals surface area contributed by atoms with E-state index >= 15 is 0 Å². The molecule has 0 amide bonds. The minimum Gasteiger partial charge on any atom is -0.471 e. The van der Waals surface area contributed by atoms with Crippen molar-refractivity contribution in [1.82, 2.24) is 9.97 Å². The second-order valence-electron chi connectivity index (χ2n) is 6.32. The number of nitrogens with zero attached hydrogens (tertiary/aromatic N) is 2. The highest BCUT2D eigenvalue weighted by atomic mass is 35.5. The lowest BCUT2D eigenvalue weighted by atomic mass is 10.2. The van der Waals surface area contributed by atoms with Gasteiger partial charge in [-0.2, -0.15) is 0 Å². The van der Waals surface area contributed by atoms with Crippen LogP contribution in [0.5, 0.6) is 5.88 Å². The van der Waals surface area contributed by atoms with Crippen LogP contribution in [0, 0.1) is 0 Å². The van der Waals surface area contributed by atoms with Gasteiger partial charge < -0.3 is 4.74 Å². The lowest BCUT2D eigenvalue weighted by molar-refractivity contribution is 0.293. The zero-order chi connectivity index (χ0) is 20.2. The average Bonchev–Trinajstić information content (AvgIpc) is 2.71. The Morgan fingerprint density at radius 2 is 1.52 bits per heavy atom. The van der Waals surface area contributed by atoms with Gasteiger partial charge in [0.25, 0.3) is 0 Å². The monoisotopic (exact) mass is 440 g/mol. The van der Waals surface area contributed by atoms with Gasteiger partial charge in [-0.05, 0) is 53.6 Å². The number of halogens is 3. The van der Waals surface area contributed by atoms with Gasteiger partial charge >= 0.3 is 0 Å². The molecule has 4 rings (SSSR count). The first-order chi connectivity index (χ1) is 14.1. The van der Waals surface area contributed by atoms with E-state index in [0.29, 0.717) is 33.2 Å². The van der Waals surface area contributed by atoms with E-state index in [9.17, 15) is 0 Å². The number of rotatable bonds is 5. The molecule has 0 N–H and O–H groups in total. The molecular weight excluding hydrogens is 427 g/mol. The Bertz CT molecular complexity index is 1210. The molecule has 0 aliphatic heterocycles. The van der Waals surface area contributed by atoms with Crippen LogP contribution < -0.4 is 4.74 Å². The summed E-state index contributed by atoms with van der Waals surface area (Å²) < 4.78 is 5.99. The summed E-state index contributed by atoms with van der Waals surface area (Å²) in [5.41, 5.74) is 3.92. The zero-order valence-corrected chi connectivity index (χ0v) is 17.4. The number of hydrogen-bond donors (Lipinski definition) is 0. The maximum atomic E-state index is 6.27. The molecule has 0 saturated heterocycles. The first kappa shape index (κ1) is 19.7. The molecule has 0 aliphatic rings. The van der Waals surface area contributed by atoms with Crippen LogP contribution in [0.15, 0.2) is 66.7 Å². The molecule has 0 fully saturated rings. The molecular formula is C23H15Cl3N2O. The summed E-state index contributed by atoms with van der Waals surface area (Å²) in [4.78, 5) is 9.34. The molecule has 29 heavy (non-hydrogen) atoms. The summed E-state index contributed by atoms with van der Waals surface area (Å²) in [5, 5.41) is 1.81. The molecule has 0 aliphatic carbocycles. The van der Waals surface area contributed by atoms with Gasteiger partial charge in [0.05, 0.1) is 11.0 Å². The minimum absolute atomic E-state index is 0.329. The van der Waals surface area contributed by atoms with Gasteiger partial charge in [0.1, 0.15) is 12.3 Å². The smallest absolute Gasteiger partial charge is 0.240 e.